The van der Waals surface area contributed by atoms with Crippen LogP contribution < -0.4 is 0 Å². The molecule has 0 aliphatic carbocycles. The van der Waals surface area contributed by atoms with Crippen LogP contribution in [0.5, 0.6) is 0 Å². The second-order valence-electron chi connectivity index (χ2n) is 7.62. The average Bonchev–Trinajstić information content (AvgIpc) is 2.57. The number of hydrogen-bond acceptors (Lipinski definition) is 1. The Bertz CT molecular complexity index is 263. The summed E-state index contributed by atoms with van der Waals surface area (Å²) >= 11 is 0. The molecule has 0 spiro atoms. The van der Waals surface area contributed by atoms with Crippen molar-refractivity contribution in [2.45, 2.75) is 129 Å². The quantitative estimate of drug-likeness (QED) is 0.244. The van der Waals surface area contributed by atoms with E-state index in [1.165, 1.54) is 103 Å². The predicted molar refractivity (Wildman–Crippen MR) is 106 cm³/mol. The first-order chi connectivity index (χ1) is 11.7. The van der Waals surface area contributed by atoms with Gasteiger partial charge in [-0.3, -0.25) is 4.79 Å². The number of unbranched alkanes of at least 4 members (excludes halogenated alkanes) is 12. The Kier molecular flexibility index (Phi) is 18.4. The monoisotopic (exact) mass is 340 g/mol. The summed E-state index contributed by atoms with van der Waals surface area (Å²) in [5.41, 5.74) is 0. The summed E-state index contributed by atoms with van der Waals surface area (Å²) in [5, 5.41) is 8.94. The lowest BCUT2D eigenvalue weighted by Crippen LogP contribution is -2.05. The summed E-state index contributed by atoms with van der Waals surface area (Å²) in [6, 6.07) is 0. The molecule has 0 aromatic carbocycles. The van der Waals surface area contributed by atoms with E-state index in [2.05, 4.69) is 13.8 Å². The number of rotatable bonds is 19. The highest BCUT2D eigenvalue weighted by Gasteiger charge is 2.10. The lowest BCUT2D eigenvalue weighted by atomic mass is 9.90. The van der Waals surface area contributed by atoms with E-state index in [0.717, 1.165) is 6.42 Å². The van der Waals surface area contributed by atoms with Gasteiger partial charge in [-0.25, -0.2) is 0 Å². The number of carboxylic acid groups (broad SMARTS) is 1. The molecule has 0 aliphatic heterocycles. The number of carbonyl (C=O) groups is 1. The molecule has 0 saturated heterocycles. The highest BCUT2D eigenvalue weighted by atomic mass is 16.4. The van der Waals surface area contributed by atoms with Crippen LogP contribution >= 0.6 is 0 Å². The van der Waals surface area contributed by atoms with E-state index in [1.54, 1.807) is 0 Å². The number of aliphatic carboxylic acids is 1. The Balaban J connectivity index is 3.69. The van der Waals surface area contributed by atoms with Gasteiger partial charge < -0.3 is 5.11 Å². The first-order valence-corrected chi connectivity index (χ1v) is 10.9. The van der Waals surface area contributed by atoms with Crippen molar-refractivity contribution >= 4 is 5.97 Å². The molecule has 24 heavy (non-hydrogen) atoms. The van der Waals surface area contributed by atoms with Crippen molar-refractivity contribution in [3.63, 3.8) is 0 Å². The molecule has 0 fully saturated rings. The van der Waals surface area contributed by atoms with Gasteiger partial charge >= 0.3 is 5.97 Å². The van der Waals surface area contributed by atoms with Crippen molar-refractivity contribution in [1.82, 2.24) is 0 Å². The van der Waals surface area contributed by atoms with Gasteiger partial charge in [0, 0.05) is 6.42 Å². The molecule has 0 aromatic rings. The van der Waals surface area contributed by atoms with Gasteiger partial charge in [0.25, 0.3) is 0 Å². The highest BCUT2D eigenvalue weighted by Crippen LogP contribution is 2.23. The van der Waals surface area contributed by atoms with Crippen molar-refractivity contribution in [3.05, 3.63) is 0 Å². The second-order valence-corrected chi connectivity index (χ2v) is 7.62. The van der Waals surface area contributed by atoms with Gasteiger partial charge in [0.1, 0.15) is 0 Å². The molecular weight excluding hydrogens is 296 g/mol. The van der Waals surface area contributed by atoms with Crippen molar-refractivity contribution in [2.75, 3.05) is 0 Å². The lowest BCUT2D eigenvalue weighted by molar-refractivity contribution is -0.137. The van der Waals surface area contributed by atoms with Crippen LogP contribution in [-0.4, -0.2) is 11.1 Å². The van der Waals surface area contributed by atoms with Crippen LogP contribution in [-0.2, 0) is 4.79 Å². The first kappa shape index (κ1) is 23.5. The van der Waals surface area contributed by atoms with Crippen LogP contribution in [0.15, 0.2) is 0 Å². The maximum Gasteiger partial charge on any atom is 0.303 e. The summed E-state index contributed by atoms with van der Waals surface area (Å²) in [6.45, 7) is 4.52. The summed E-state index contributed by atoms with van der Waals surface area (Å²) in [4.78, 5) is 10.9. The van der Waals surface area contributed by atoms with Gasteiger partial charge in [-0.15, -0.1) is 0 Å². The van der Waals surface area contributed by atoms with E-state index < -0.39 is 5.97 Å². The fourth-order valence-corrected chi connectivity index (χ4v) is 3.54. The Morgan fingerprint density at radius 1 is 0.625 bits per heavy atom. The molecule has 1 N–H and O–H groups in total. The van der Waals surface area contributed by atoms with E-state index in [9.17, 15) is 4.79 Å². The normalized spacial score (nSPS) is 12.4. The third-order valence-corrected chi connectivity index (χ3v) is 5.20. The van der Waals surface area contributed by atoms with Crippen LogP contribution in [0, 0.1) is 5.92 Å². The molecule has 0 heterocycles. The molecule has 0 aromatic heterocycles. The van der Waals surface area contributed by atoms with Crippen molar-refractivity contribution in [1.29, 1.82) is 0 Å². The Labute approximate surface area is 151 Å². The van der Waals surface area contributed by atoms with Gasteiger partial charge in [0.15, 0.2) is 0 Å². The van der Waals surface area contributed by atoms with Crippen LogP contribution in [0.3, 0.4) is 0 Å². The molecule has 0 aliphatic rings. The van der Waals surface area contributed by atoms with Crippen LogP contribution in [0.25, 0.3) is 0 Å². The molecule has 0 saturated carbocycles. The standard InChI is InChI=1S/C22H44O2/c1-3-5-7-9-11-12-14-16-18-21(19-20-22(23)24)17-15-13-10-8-6-4-2/h21H,3-20H2,1-2H3,(H,23,24). The highest BCUT2D eigenvalue weighted by molar-refractivity contribution is 5.66. The molecule has 2 nitrogen and oxygen atoms in total. The summed E-state index contributed by atoms with van der Waals surface area (Å²) in [6.07, 6.45) is 22.7. The van der Waals surface area contributed by atoms with Crippen LogP contribution in [0.1, 0.15) is 129 Å². The molecule has 0 amide bonds. The lowest BCUT2D eigenvalue weighted by Gasteiger charge is -2.16. The van der Waals surface area contributed by atoms with E-state index in [1.807, 2.05) is 0 Å². The predicted octanol–water partition coefficient (Wildman–Crippen LogP) is 7.75. The maximum atomic E-state index is 10.9. The van der Waals surface area contributed by atoms with Crippen molar-refractivity contribution < 1.29 is 9.90 Å². The van der Waals surface area contributed by atoms with Crippen LogP contribution in [0.4, 0.5) is 0 Å². The minimum absolute atomic E-state index is 0.359. The molecule has 0 radical (unpaired) electrons. The fourth-order valence-electron chi connectivity index (χ4n) is 3.54. The van der Waals surface area contributed by atoms with E-state index in [-0.39, 0.29) is 0 Å². The SMILES string of the molecule is CCCCCCCCCCC(CCCCCCCC)CCC(=O)O. The molecule has 0 bridgehead atoms. The zero-order valence-electron chi connectivity index (χ0n) is 16.7. The average molecular weight is 341 g/mol. The zero-order chi connectivity index (χ0) is 17.9. The topological polar surface area (TPSA) is 37.3 Å². The number of hydrogen-bond donors (Lipinski definition) is 1. The van der Waals surface area contributed by atoms with Gasteiger partial charge in [0.05, 0.1) is 0 Å². The van der Waals surface area contributed by atoms with Gasteiger partial charge in [-0.05, 0) is 12.3 Å². The van der Waals surface area contributed by atoms with E-state index >= 15 is 0 Å². The maximum absolute atomic E-state index is 10.9. The Morgan fingerprint density at radius 3 is 1.38 bits per heavy atom. The summed E-state index contributed by atoms with van der Waals surface area (Å²) in [5.74, 6) is 0.0197. The molecule has 1 unspecified atom stereocenters. The Morgan fingerprint density at radius 2 is 1.00 bits per heavy atom. The largest absolute Gasteiger partial charge is 0.481 e. The molecule has 2 heteroatoms. The smallest absolute Gasteiger partial charge is 0.303 e. The molecular formula is C22H44O2. The molecule has 144 valence electrons. The molecule has 0 rings (SSSR count). The minimum atomic E-state index is -0.626. The molecule has 1 atom stereocenters. The summed E-state index contributed by atoms with van der Waals surface area (Å²) < 4.78 is 0. The van der Waals surface area contributed by atoms with E-state index in [0.29, 0.717) is 12.3 Å². The number of carboxylic acids is 1. The van der Waals surface area contributed by atoms with Crippen molar-refractivity contribution in [2.24, 2.45) is 5.92 Å². The van der Waals surface area contributed by atoms with Crippen LogP contribution in [0.2, 0.25) is 0 Å². The zero-order valence-corrected chi connectivity index (χ0v) is 16.7. The van der Waals surface area contributed by atoms with Crippen molar-refractivity contribution in [3.8, 4) is 0 Å². The first-order valence-electron chi connectivity index (χ1n) is 10.9. The third-order valence-electron chi connectivity index (χ3n) is 5.20. The summed E-state index contributed by atoms with van der Waals surface area (Å²) in [7, 11) is 0. The fraction of sp³-hybridized carbons (Fsp3) is 0.955. The second kappa shape index (κ2) is 18.8. The van der Waals surface area contributed by atoms with Gasteiger partial charge in [-0.2, -0.15) is 0 Å². The third kappa shape index (κ3) is 17.8. The van der Waals surface area contributed by atoms with E-state index in [4.69, 9.17) is 5.11 Å². The van der Waals surface area contributed by atoms with Gasteiger partial charge in [-0.1, -0.05) is 117 Å². The van der Waals surface area contributed by atoms with Gasteiger partial charge in [0.2, 0.25) is 0 Å². The minimum Gasteiger partial charge on any atom is -0.481 e. The Hall–Kier alpha value is -0.530.